The summed E-state index contributed by atoms with van der Waals surface area (Å²) in [5, 5.41) is 3.28. The molecule has 1 fully saturated rings. The second kappa shape index (κ2) is 8.97. The van der Waals surface area contributed by atoms with Crippen LogP contribution in [0.3, 0.4) is 0 Å². The van der Waals surface area contributed by atoms with Crippen LogP contribution in [-0.2, 0) is 6.42 Å². The van der Waals surface area contributed by atoms with E-state index in [0.717, 1.165) is 44.7 Å². The van der Waals surface area contributed by atoms with Crippen molar-refractivity contribution >= 4 is 5.96 Å². The van der Waals surface area contributed by atoms with Crippen LogP contribution < -0.4 is 5.32 Å². The van der Waals surface area contributed by atoms with Crippen LogP contribution in [0.4, 0.5) is 8.78 Å². The topological polar surface area (TPSA) is 30.9 Å². The minimum absolute atomic E-state index is 0.492. The number of hydrogen-bond donors (Lipinski definition) is 1. The number of aliphatic imine (C=N–C) groups is 1. The molecule has 0 spiro atoms. The third-order valence-corrected chi connectivity index (χ3v) is 4.20. The maximum Gasteiger partial charge on any atom is 0.193 e. The van der Waals surface area contributed by atoms with Crippen LogP contribution in [0.1, 0.15) is 19.4 Å². The normalized spacial score (nSPS) is 16.8. The minimum Gasteiger partial charge on any atom is -0.356 e. The molecule has 1 heterocycles. The van der Waals surface area contributed by atoms with Gasteiger partial charge in [-0.3, -0.25) is 9.89 Å². The molecule has 134 valence electrons. The molecule has 4 nitrogen and oxygen atoms in total. The molecule has 0 aliphatic carbocycles. The molecule has 1 aliphatic heterocycles. The molecule has 1 N–H and O–H groups in total. The molecule has 0 atom stereocenters. The van der Waals surface area contributed by atoms with E-state index < -0.39 is 11.6 Å². The summed E-state index contributed by atoms with van der Waals surface area (Å²) in [6, 6.07) is 3.72. The fraction of sp³-hybridized carbons (Fsp3) is 0.611. The molecule has 1 aliphatic rings. The van der Waals surface area contributed by atoms with E-state index in [2.05, 4.69) is 34.0 Å². The average Bonchev–Trinajstić information content (AvgIpc) is 2.54. The first-order valence-corrected chi connectivity index (χ1v) is 8.61. The fourth-order valence-corrected chi connectivity index (χ4v) is 3.02. The largest absolute Gasteiger partial charge is 0.356 e. The monoisotopic (exact) mass is 338 g/mol. The zero-order valence-electron chi connectivity index (χ0n) is 14.9. The van der Waals surface area contributed by atoms with Gasteiger partial charge in [0, 0.05) is 52.4 Å². The number of nitrogens with one attached hydrogen (secondary N) is 1. The highest BCUT2D eigenvalue weighted by Crippen LogP contribution is 2.10. The van der Waals surface area contributed by atoms with Gasteiger partial charge in [-0.1, -0.05) is 19.9 Å². The molecule has 0 bridgehead atoms. The lowest BCUT2D eigenvalue weighted by Crippen LogP contribution is -2.53. The van der Waals surface area contributed by atoms with Crippen molar-refractivity contribution in [2.24, 2.45) is 10.9 Å². The van der Waals surface area contributed by atoms with Gasteiger partial charge in [-0.05, 0) is 24.0 Å². The van der Waals surface area contributed by atoms with Crippen LogP contribution in [0, 0.1) is 17.6 Å². The van der Waals surface area contributed by atoms with Crippen LogP contribution in [0.5, 0.6) is 0 Å². The number of piperazine rings is 1. The molecule has 0 saturated carbocycles. The Bertz CT molecular complexity index is 552. The van der Waals surface area contributed by atoms with Crippen molar-refractivity contribution in [1.82, 2.24) is 15.1 Å². The highest BCUT2D eigenvalue weighted by Gasteiger charge is 2.19. The van der Waals surface area contributed by atoms with Crippen molar-refractivity contribution in [2.45, 2.75) is 20.3 Å². The lowest BCUT2D eigenvalue weighted by Gasteiger charge is -2.37. The van der Waals surface area contributed by atoms with Gasteiger partial charge in [0.2, 0.25) is 0 Å². The lowest BCUT2D eigenvalue weighted by molar-refractivity contribution is 0.164. The molecular formula is C18H28F2N4. The zero-order chi connectivity index (χ0) is 17.5. The molecule has 0 aromatic heterocycles. The number of halogens is 2. The van der Waals surface area contributed by atoms with Gasteiger partial charge >= 0.3 is 0 Å². The molecule has 0 unspecified atom stereocenters. The van der Waals surface area contributed by atoms with Crippen LogP contribution in [0.2, 0.25) is 0 Å². The Labute approximate surface area is 143 Å². The fourth-order valence-electron chi connectivity index (χ4n) is 3.02. The number of rotatable bonds is 5. The van der Waals surface area contributed by atoms with Gasteiger partial charge in [0.25, 0.3) is 0 Å². The Morgan fingerprint density at radius 1 is 1.21 bits per heavy atom. The third-order valence-electron chi connectivity index (χ3n) is 4.20. The predicted molar refractivity (Wildman–Crippen MR) is 94.3 cm³/mol. The Morgan fingerprint density at radius 2 is 1.92 bits per heavy atom. The van der Waals surface area contributed by atoms with Crippen molar-refractivity contribution in [2.75, 3.05) is 46.3 Å². The summed E-state index contributed by atoms with van der Waals surface area (Å²) < 4.78 is 26.6. The SMILES string of the molecule is CN=C(NCCc1ccc(F)cc1F)N1CCN(CC(C)C)CC1. The highest BCUT2D eigenvalue weighted by molar-refractivity contribution is 5.80. The van der Waals surface area contributed by atoms with E-state index in [4.69, 9.17) is 0 Å². The van der Waals surface area contributed by atoms with Gasteiger partial charge in [-0.2, -0.15) is 0 Å². The van der Waals surface area contributed by atoms with E-state index in [1.807, 2.05) is 0 Å². The van der Waals surface area contributed by atoms with Gasteiger partial charge in [-0.15, -0.1) is 0 Å². The maximum atomic E-state index is 13.6. The van der Waals surface area contributed by atoms with Crippen LogP contribution in [-0.4, -0.2) is 62.1 Å². The summed E-state index contributed by atoms with van der Waals surface area (Å²) in [7, 11) is 1.77. The van der Waals surface area contributed by atoms with E-state index in [9.17, 15) is 8.78 Å². The summed E-state index contributed by atoms with van der Waals surface area (Å²) in [6.07, 6.45) is 0.498. The van der Waals surface area contributed by atoms with Gasteiger partial charge in [-0.25, -0.2) is 8.78 Å². The van der Waals surface area contributed by atoms with E-state index in [-0.39, 0.29) is 0 Å². The van der Waals surface area contributed by atoms with Crippen molar-refractivity contribution in [3.05, 3.63) is 35.4 Å². The molecule has 24 heavy (non-hydrogen) atoms. The second-order valence-corrected chi connectivity index (χ2v) is 6.64. The van der Waals surface area contributed by atoms with Crippen molar-refractivity contribution in [3.8, 4) is 0 Å². The van der Waals surface area contributed by atoms with E-state index in [0.29, 0.717) is 24.4 Å². The maximum absolute atomic E-state index is 13.6. The first-order valence-electron chi connectivity index (χ1n) is 8.61. The number of nitrogens with zero attached hydrogens (tertiary/aromatic N) is 3. The van der Waals surface area contributed by atoms with Gasteiger partial charge < -0.3 is 10.2 Å². The minimum atomic E-state index is -0.542. The smallest absolute Gasteiger partial charge is 0.193 e. The highest BCUT2D eigenvalue weighted by atomic mass is 19.1. The third kappa shape index (κ3) is 5.44. The van der Waals surface area contributed by atoms with Gasteiger partial charge in [0.1, 0.15) is 11.6 Å². The van der Waals surface area contributed by atoms with Crippen molar-refractivity contribution < 1.29 is 8.78 Å². The second-order valence-electron chi connectivity index (χ2n) is 6.64. The molecule has 2 rings (SSSR count). The summed E-state index contributed by atoms with van der Waals surface area (Å²) in [6.45, 7) is 10.1. The number of guanidine groups is 1. The molecule has 1 saturated heterocycles. The van der Waals surface area contributed by atoms with E-state index >= 15 is 0 Å². The van der Waals surface area contributed by atoms with Crippen LogP contribution >= 0.6 is 0 Å². The standard InChI is InChI=1S/C18H28F2N4/c1-14(2)13-23-8-10-24(11-9-23)18(21-3)22-7-6-15-4-5-16(19)12-17(15)20/h4-5,12,14H,6-11,13H2,1-3H3,(H,21,22). The first-order chi connectivity index (χ1) is 11.5. The predicted octanol–water partition coefficient (Wildman–Crippen LogP) is 2.36. The summed E-state index contributed by atoms with van der Waals surface area (Å²) in [5.41, 5.74) is 0.515. The molecule has 1 aromatic rings. The first kappa shape index (κ1) is 18.6. The van der Waals surface area contributed by atoms with Crippen molar-refractivity contribution in [1.29, 1.82) is 0 Å². The Hall–Kier alpha value is -1.69. The Morgan fingerprint density at radius 3 is 2.50 bits per heavy atom. The van der Waals surface area contributed by atoms with Crippen LogP contribution in [0.25, 0.3) is 0 Å². The molecule has 0 radical (unpaired) electrons. The van der Waals surface area contributed by atoms with E-state index in [1.54, 1.807) is 7.05 Å². The Kier molecular flexibility index (Phi) is 6.97. The van der Waals surface area contributed by atoms with Crippen molar-refractivity contribution in [3.63, 3.8) is 0 Å². The zero-order valence-corrected chi connectivity index (χ0v) is 14.9. The summed E-state index contributed by atoms with van der Waals surface area (Å²) in [4.78, 5) is 9.03. The van der Waals surface area contributed by atoms with E-state index in [1.165, 1.54) is 12.1 Å². The number of benzene rings is 1. The summed E-state index contributed by atoms with van der Waals surface area (Å²) >= 11 is 0. The van der Waals surface area contributed by atoms with Gasteiger partial charge in [0.15, 0.2) is 5.96 Å². The molecule has 0 amide bonds. The molecule has 6 heteroatoms. The molecule has 1 aromatic carbocycles. The quantitative estimate of drug-likeness (QED) is 0.660. The Balaban J connectivity index is 1.79. The van der Waals surface area contributed by atoms with Gasteiger partial charge in [0.05, 0.1) is 0 Å². The lowest BCUT2D eigenvalue weighted by atomic mass is 10.1. The summed E-state index contributed by atoms with van der Waals surface area (Å²) in [5.74, 6) is 0.495. The number of hydrogen-bond acceptors (Lipinski definition) is 2. The molecular weight excluding hydrogens is 310 g/mol. The average molecular weight is 338 g/mol. The van der Waals surface area contributed by atoms with Crippen LogP contribution in [0.15, 0.2) is 23.2 Å².